The zero-order chi connectivity index (χ0) is 21.3. The molecule has 0 saturated heterocycles. The van der Waals surface area contributed by atoms with Crippen LogP contribution in [0.4, 0.5) is 13.2 Å². The average molecular weight is 411 g/mol. The molecule has 2 aromatic rings. The Morgan fingerprint density at radius 3 is 2.17 bits per heavy atom. The first-order chi connectivity index (χ1) is 14.3. The van der Waals surface area contributed by atoms with Gasteiger partial charge in [-0.15, -0.1) is 13.2 Å². The lowest BCUT2D eigenvalue weighted by Crippen LogP contribution is -2.23. The van der Waals surface area contributed by atoms with Crippen LogP contribution in [0.25, 0.3) is 5.57 Å². The predicted octanol–water partition coefficient (Wildman–Crippen LogP) is 6.89. The molecule has 0 saturated carbocycles. The minimum absolute atomic E-state index is 0.205. The number of benzene rings is 2. The van der Waals surface area contributed by atoms with Crippen LogP contribution in [-0.4, -0.2) is 6.36 Å². The molecule has 2 aromatic carbocycles. The Balaban J connectivity index is 1.47. The lowest BCUT2D eigenvalue weighted by atomic mass is 9.82. The molecule has 0 amide bonds. The molecule has 0 bridgehead atoms. The normalized spacial score (nSPS) is 17.0. The van der Waals surface area contributed by atoms with Crippen molar-refractivity contribution in [2.24, 2.45) is 0 Å². The summed E-state index contributed by atoms with van der Waals surface area (Å²) >= 11 is 0. The predicted molar refractivity (Wildman–Crippen MR) is 113 cm³/mol. The van der Waals surface area contributed by atoms with Crippen molar-refractivity contribution in [3.63, 3.8) is 0 Å². The molecule has 0 spiro atoms. The second-order valence-electron chi connectivity index (χ2n) is 7.83. The van der Waals surface area contributed by atoms with Gasteiger partial charge >= 0.3 is 6.36 Å². The highest BCUT2D eigenvalue weighted by atomic mass is 19.4. The number of dihydropyridines is 1. The Morgan fingerprint density at radius 2 is 1.53 bits per heavy atom. The van der Waals surface area contributed by atoms with Crippen LogP contribution >= 0.6 is 0 Å². The smallest absolute Gasteiger partial charge is 0.406 e. The van der Waals surface area contributed by atoms with E-state index in [9.17, 15) is 13.2 Å². The molecule has 4 rings (SSSR count). The maximum atomic E-state index is 12.3. The number of nitrogens with one attached hydrogen (secondary N) is 1. The number of ether oxygens (including phenoxy) is 1. The molecule has 1 N–H and O–H groups in total. The number of alkyl halides is 3. The van der Waals surface area contributed by atoms with E-state index >= 15 is 0 Å². The molecule has 30 heavy (non-hydrogen) atoms. The molecule has 156 valence electrons. The third-order valence-electron chi connectivity index (χ3n) is 5.66. The largest absolute Gasteiger partial charge is 0.573 e. The molecular weight excluding hydrogens is 387 g/mol. The fraction of sp³-hybridized carbons (Fsp3) is 0.280. The van der Waals surface area contributed by atoms with Gasteiger partial charge in [0, 0.05) is 17.0 Å². The zero-order valence-corrected chi connectivity index (χ0v) is 16.9. The van der Waals surface area contributed by atoms with Crippen LogP contribution in [0.3, 0.4) is 0 Å². The van der Waals surface area contributed by atoms with E-state index in [0.29, 0.717) is 6.42 Å². The Bertz CT molecular complexity index is 1010. The minimum Gasteiger partial charge on any atom is -0.406 e. The summed E-state index contributed by atoms with van der Waals surface area (Å²) in [6.07, 6.45) is 0.557. The van der Waals surface area contributed by atoms with Crippen LogP contribution in [0.1, 0.15) is 49.3 Å². The van der Waals surface area contributed by atoms with Crippen LogP contribution in [0.15, 0.2) is 77.7 Å². The van der Waals surface area contributed by atoms with E-state index in [1.54, 1.807) is 12.1 Å². The Labute approximate surface area is 174 Å². The van der Waals surface area contributed by atoms with Gasteiger partial charge in [0.05, 0.1) is 0 Å². The van der Waals surface area contributed by atoms with Crippen molar-refractivity contribution < 1.29 is 17.9 Å². The first-order valence-electron chi connectivity index (χ1n) is 10.1. The fourth-order valence-electron chi connectivity index (χ4n) is 4.27. The van der Waals surface area contributed by atoms with E-state index in [2.05, 4.69) is 47.8 Å². The van der Waals surface area contributed by atoms with Crippen LogP contribution in [0.2, 0.25) is 0 Å². The molecule has 0 fully saturated rings. The van der Waals surface area contributed by atoms with E-state index in [1.165, 1.54) is 36.2 Å². The summed E-state index contributed by atoms with van der Waals surface area (Å²) < 4.78 is 40.8. The maximum absolute atomic E-state index is 12.3. The second-order valence-corrected chi connectivity index (χ2v) is 7.83. The molecule has 1 heterocycles. The second kappa shape index (κ2) is 8.05. The molecule has 2 nitrogen and oxygen atoms in total. The van der Waals surface area contributed by atoms with Crippen LogP contribution < -0.4 is 10.1 Å². The average Bonchev–Trinajstić information content (AvgIpc) is 2.70. The number of rotatable bonds is 4. The Kier molecular flexibility index (Phi) is 5.46. The molecule has 0 aromatic heterocycles. The van der Waals surface area contributed by atoms with Crippen molar-refractivity contribution in [2.45, 2.75) is 45.4 Å². The lowest BCUT2D eigenvalue weighted by Gasteiger charge is -2.31. The van der Waals surface area contributed by atoms with Gasteiger partial charge in [-0.3, -0.25) is 0 Å². The van der Waals surface area contributed by atoms with E-state index in [-0.39, 0.29) is 5.75 Å². The van der Waals surface area contributed by atoms with Gasteiger partial charge in [-0.1, -0.05) is 43.0 Å². The van der Waals surface area contributed by atoms with E-state index in [0.717, 1.165) is 46.4 Å². The first-order valence-corrected chi connectivity index (χ1v) is 10.1. The highest BCUT2D eigenvalue weighted by molar-refractivity contribution is 5.86. The standard InChI is InChI=1S/C25H24F3NO/c1-16-22-5-3-4-6-23(22)29-17(2)24(16)20-11-7-18(8-12-20)15-19-9-13-21(14-10-19)30-25(26,27)28/h7-14,29H,1,3-6,15H2,2H3. The van der Waals surface area contributed by atoms with Crippen molar-refractivity contribution in [3.05, 3.63) is 94.3 Å². The molecule has 1 aliphatic carbocycles. The van der Waals surface area contributed by atoms with E-state index in [1.807, 2.05) is 0 Å². The van der Waals surface area contributed by atoms with Crippen molar-refractivity contribution in [1.29, 1.82) is 0 Å². The molecular formula is C25H24F3NO. The first kappa shape index (κ1) is 20.3. The summed E-state index contributed by atoms with van der Waals surface area (Å²) in [5.41, 5.74) is 9.23. The minimum atomic E-state index is -4.67. The van der Waals surface area contributed by atoms with Gasteiger partial charge in [0.2, 0.25) is 0 Å². The summed E-state index contributed by atoms with van der Waals surface area (Å²) in [7, 11) is 0. The van der Waals surface area contributed by atoms with Crippen molar-refractivity contribution in [2.75, 3.05) is 0 Å². The molecule has 0 unspecified atom stereocenters. The van der Waals surface area contributed by atoms with E-state index in [4.69, 9.17) is 0 Å². The number of hydrogen-bond donors (Lipinski definition) is 1. The Morgan fingerprint density at radius 1 is 0.933 bits per heavy atom. The fourth-order valence-corrected chi connectivity index (χ4v) is 4.27. The molecule has 2 aliphatic rings. The van der Waals surface area contributed by atoms with Crippen LogP contribution in [0, 0.1) is 0 Å². The van der Waals surface area contributed by atoms with Crippen LogP contribution in [0.5, 0.6) is 5.75 Å². The molecule has 1 aliphatic heterocycles. The summed E-state index contributed by atoms with van der Waals surface area (Å²) in [5, 5.41) is 3.58. The van der Waals surface area contributed by atoms with Crippen molar-refractivity contribution >= 4 is 5.57 Å². The third-order valence-corrected chi connectivity index (χ3v) is 5.66. The van der Waals surface area contributed by atoms with Gasteiger partial charge in [0.25, 0.3) is 0 Å². The van der Waals surface area contributed by atoms with Gasteiger partial charge in [0.15, 0.2) is 0 Å². The number of allylic oxidation sites excluding steroid dienone is 5. The number of halogens is 3. The topological polar surface area (TPSA) is 21.3 Å². The molecule has 0 radical (unpaired) electrons. The van der Waals surface area contributed by atoms with Gasteiger partial charge in [-0.25, -0.2) is 0 Å². The van der Waals surface area contributed by atoms with E-state index < -0.39 is 6.36 Å². The summed E-state index contributed by atoms with van der Waals surface area (Å²) in [5.74, 6) is -0.205. The van der Waals surface area contributed by atoms with Crippen molar-refractivity contribution in [3.8, 4) is 5.75 Å². The van der Waals surface area contributed by atoms with Crippen LogP contribution in [-0.2, 0) is 6.42 Å². The van der Waals surface area contributed by atoms with Crippen molar-refractivity contribution in [1.82, 2.24) is 5.32 Å². The molecule has 0 atom stereocenters. The SMILES string of the molecule is C=C1C2=C(CCCC2)NC(C)=C1c1ccc(Cc2ccc(OC(F)(F)F)cc2)cc1. The van der Waals surface area contributed by atoms with Gasteiger partial charge < -0.3 is 10.1 Å². The van der Waals surface area contributed by atoms with Gasteiger partial charge in [-0.05, 0) is 79.0 Å². The highest BCUT2D eigenvalue weighted by Gasteiger charge is 2.31. The summed E-state index contributed by atoms with van der Waals surface area (Å²) in [6, 6.07) is 14.3. The molecule has 5 heteroatoms. The third kappa shape index (κ3) is 4.45. The number of hydrogen-bond acceptors (Lipinski definition) is 2. The highest BCUT2D eigenvalue weighted by Crippen LogP contribution is 2.40. The summed E-state index contributed by atoms with van der Waals surface area (Å²) in [4.78, 5) is 0. The lowest BCUT2D eigenvalue weighted by molar-refractivity contribution is -0.274. The Hall–Kier alpha value is -2.95. The monoisotopic (exact) mass is 411 g/mol. The zero-order valence-electron chi connectivity index (χ0n) is 16.9. The van der Waals surface area contributed by atoms with Gasteiger partial charge in [-0.2, -0.15) is 0 Å². The summed E-state index contributed by atoms with van der Waals surface area (Å²) in [6.45, 7) is 6.48. The van der Waals surface area contributed by atoms with Gasteiger partial charge in [0.1, 0.15) is 5.75 Å². The maximum Gasteiger partial charge on any atom is 0.573 e. The quantitative estimate of drug-likeness (QED) is 0.591.